The zero-order valence-electron chi connectivity index (χ0n) is 7.44. The van der Waals surface area contributed by atoms with Crippen LogP contribution >= 0.6 is 0 Å². The topological polar surface area (TPSA) is 12.4 Å². The summed E-state index contributed by atoms with van der Waals surface area (Å²) in [5.41, 5.74) is 1.07. The minimum absolute atomic E-state index is 0.117. The van der Waals surface area contributed by atoms with E-state index in [9.17, 15) is 0 Å². The molecule has 0 aliphatic rings. The molecular weight excluding hydrogens is 122 g/mol. The average molecular weight is 139 g/mol. The highest BCUT2D eigenvalue weighted by atomic mass is 14.7. The van der Waals surface area contributed by atoms with Crippen LogP contribution in [0.4, 0.5) is 0 Å². The third-order valence-electron chi connectivity index (χ3n) is 1.30. The van der Waals surface area contributed by atoms with Crippen LogP contribution in [0.25, 0.3) is 0 Å². The normalized spacial score (nSPS) is 12.4. The quantitative estimate of drug-likeness (QED) is 0.521. The lowest BCUT2D eigenvalue weighted by Crippen LogP contribution is -2.06. The molecule has 0 rings (SSSR count). The maximum Gasteiger partial charge on any atom is 0.0381 e. The number of hydrogen-bond acceptors (Lipinski definition) is 1. The summed E-state index contributed by atoms with van der Waals surface area (Å²) in [6.45, 7) is 12.3. The third kappa shape index (κ3) is 3.44. The van der Waals surface area contributed by atoms with Gasteiger partial charge in [0.05, 0.1) is 0 Å². The van der Waals surface area contributed by atoms with Gasteiger partial charge >= 0.3 is 0 Å². The number of aliphatic imine (C=N–C) groups is 1. The van der Waals surface area contributed by atoms with Crippen molar-refractivity contribution in [2.75, 3.05) is 0 Å². The van der Waals surface area contributed by atoms with Crippen LogP contribution in [-0.2, 0) is 0 Å². The summed E-state index contributed by atoms with van der Waals surface area (Å²) >= 11 is 0. The standard InChI is InChI=1S/C9H17N/c1-6-7-10-8(2)9(3,4)5/h7H,2,6H2,1,3-5H3. The molecule has 58 valence electrons. The SMILES string of the molecule is C=C(N=CCC)C(C)(C)C. The van der Waals surface area contributed by atoms with Crippen LogP contribution in [0.2, 0.25) is 0 Å². The van der Waals surface area contributed by atoms with Crippen molar-refractivity contribution in [1.82, 2.24) is 0 Å². The summed E-state index contributed by atoms with van der Waals surface area (Å²) in [6.07, 6.45) is 2.88. The largest absolute Gasteiger partial charge is 0.266 e. The Morgan fingerprint density at radius 3 is 2.30 bits per heavy atom. The molecule has 0 aliphatic heterocycles. The Balaban J connectivity index is 3.98. The van der Waals surface area contributed by atoms with Gasteiger partial charge in [-0.2, -0.15) is 0 Å². The van der Waals surface area contributed by atoms with Crippen molar-refractivity contribution in [1.29, 1.82) is 0 Å². The van der Waals surface area contributed by atoms with E-state index < -0.39 is 0 Å². The highest BCUT2D eigenvalue weighted by Crippen LogP contribution is 2.23. The number of allylic oxidation sites excluding steroid dienone is 1. The molecule has 0 heterocycles. The van der Waals surface area contributed by atoms with Crippen molar-refractivity contribution in [3.63, 3.8) is 0 Å². The Kier molecular flexibility index (Phi) is 3.34. The second kappa shape index (κ2) is 3.55. The molecule has 0 spiro atoms. The number of rotatable bonds is 2. The molecule has 0 aromatic heterocycles. The van der Waals surface area contributed by atoms with E-state index in [1.165, 1.54) is 0 Å². The van der Waals surface area contributed by atoms with Gasteiger partial charge in [0.15, 0.2) is 0 Å². The van der Waals surface area contributed by atoms with E-state index in [0.29, 0.717) is 0 Å². The lowest BCUT2D eigenvalue weighted by molar-refractivity contribution is 0.501. The van der Waals surface area contributed by atoms with Crippen LogP contribution in [-0.4, -0.2) is 6.21 Å². The molecule has 10 heavy (non-hydrogen) atoms. The number of nitrogens with zero attached hydrogens (tertiary/aromatic N) is 1. The molecule has 0 fully saturated rings. The summed E-state index contributed by atoms with van der Waals surface area (Å²) in [5.74, 6) is 0. The van der Waals surface area contributed by atoms with E-state index >= 15 is 0 Å². The van der Waals surface area contributed by atoms with Crippen molar-refractivity contribution in [3.8, 4) is 0 Å². The predicted molar refractivity (Wildman–Crippen MR) is 47.4 cm³/mol. The Hall–Kier alpha value is -0.590. The highest BCUT2D eigenvalue weighted by molar-refractivity contribution is 5.58. The smallest absolute Gasteiger partial charge is 0.0381 e. The van der Waals surface area contributed by atoms with Gasteiger partial charge < -0.3 is 0 Å². The average Bonchev–Trinajstić information content (AvgIpc) is 1.80. The first-order chi connectivity index (χ1) is 4.48. The minimum atomic E-state index is 0.117. The van der Waals surface area contributed by atoms with E-state index in [1.54, 1.807) is 0 Å². The monoisotopic (exact) mass is 139 g/mol. The van der Waals surface area contributed by atoms with Gasteiger partial charge in [0.1, 0.15) is 0 Å². The highest BCUT2D eigenvalue weighted by Gasteiger charge is 2.12. The van der Waals surface area contributed by atoms with E-state index in [1.807, 2.05) is 6.21 Å². The summed E-state index contributed by atoms with van der Waals surface area (Å²) in [7, 11) is 0. The van der Waals surface area contributed by atoms with Gasteiger partial charge in [-0.15, -0.1) is 0 Å². The van der Waals surface area contributed by atoms with Crippen LogP contribution in [0.3, 0.4) is 0 Å². The first kappa shape index (κ1) is 9.41. The van der Waals surface area contributed by atoms with Gasteiger partial charge in [0, 0.05) is 17.3 Å². The molecule has 0 aromatic carbocycles. The molecule has 0 unspecified atom stereocenters. The van der Waals surface area contributed by atoms with Crippen molar-refractivity contribution in [2.45, 2.75) is 34.1 Å². The Morgan fingerprint density at radius 2 is 2.00 bits per heavy atom. The Labute approximate surface area is 63.9 Å². The summed E-state index contributed by atoms with van der Waals surface area (Å²) in [6, 6.07) is 0. The van der Waals surface area contributed by atoms with Crippen LogP contribution in [0, 0.1) is 5.41 Å². The predicted octanol–water partition coefficient (Wildman–Crippen LogP) is 3.03. The zero-order valence-corrected chi connectivity index (χ0v) is 7.44. The summed E-state index contributed by atoms with van der Waals surface area (Å²) in [5, 5.41) is 0. The lowest BCUT2D eigenvalue weighted by atomic mass is 9.93. The van der Waals surface area contributed by atoms with Crippen molar-refractivity contribution < 1.29 is 0 Å². The first-order valence-corrected chi connectivity index (χ1v) is 3.70. The van der Waals surface area contributed by atoms with Gasteiger partial charge in [-0.3, -0.25) is 4.99 Å². The first-order valence-electron chi connectivity index (χ1n) is 3.70. The van der Waals surface area contributed by atoms with Crippen LogP contribution < -0.4 is 0 Å². The summed E-state index contributed by atoms with van der Waals surface area (Å²) < 4.78 is 0. The molecule has 0 aromatic rings. The van der Waals surface area contributed by atoms with Gasteiger partial charge in [0.2, 0.25) is 0 Å². The van der Waals surface area contributed by atoms with E-state index in [2.05, 4.69) is 39.3 Å². The van der Waals surface area contributed by atoms with Gasteiger partial charge in [-0.25, -0.2) is 0 Å². The molecule has 0 saturated heterocycles. The van der Waals surface area contributed by atoms with Crippen molar-refractivity contribution in [3.05, 3.63) is 12.3 Å². The van der Waals surface area contributed by atoms with Crippen LogP contribution in [0.15, 0.2) is 17.3 Å². The number of hydrogen-bond donors (Lipinski definition) is 0. The van der Waals surface area contributed by atoms with Gasteiger partial charge in [-0.05, 0) is 6.42 Å². The van der Waals surface area contributed by atoms with E-state index in [4.69, 9.17) is 0 Å². The van der Waals surface area contributed by atoms with Crippen molar-refractivity contribution in [2.24, 2.45) is 10.4 Å². The second-order valence-corrected chi connectivity index (χ2v) is 3.42. The maximum atomic E-state index is 4.19. The Bertz CT molecular complexity index is 137. The molecule has 0 amide bonds. The molecule has 0 saturated carbocycles. The maximum absolute atomic E-state index is 4.19. The fourth-order valence-electron chi connectivity index (χ4n) is 0.395. The fourth-order valence-corrected chi connectivity index (χ4v) is 0.395. The molecule has 0 radical (unpaired) electrons. The third-order valence-corrected chi connectivity index (χ3v) is 1.30. The van der Waals surface area contributed by atoms with E-state index in [-0.39, 0.29) is 5.41 Å². The van der Waals surface area contributed by atoms with Crippen LogP contribution in [0.5, 0.6) is 0 Å². The van der Waals surface area contributed by atoms with E-state index in [0.717, 1.165) is 12.1 Å². The molecule has 0 N–H and O–H groups in total. The Morgan fingerprint density at radius 1 is 1.50 bits per heavy atom. The second-order valence-electron chi connectivity index (χ2n) is 3.42. The molecule has 0 bridgehead atoms. The molecule has 1 heteroatoms. The molecule has 0 atom stereocenters. The lowest BCUT2D eigenvalue weighted by Gasteiger charge is -2.17. The fraction of sp³-hybridized carbons (Fsp3) is 0.667. The van der Waals surface area contributed by atoms with Gasteiger partial charge in [0.25, 0.3) is 0 Å². The minimum Gasteiger partial charge on any atom is -0.266 e. The van der Waals surface area contributed by atoms with Gasteiger partial charge in [-0.1, -0.05) is 34.3 Å². The molecule has 0 aliphatic carbocycles. The summed E-state index contributed by atoms with van der Waals surface area (Å²) in [4.78, 5) is 4.19. The van der Waals surface area contributed by atoms with Crippen molar-refractivity contribution >= 4 is 6.21 Å². The molecule has 1 nitrogen and oxygen atoms in total. The molecular formula is C9H17N. The van der Waals surface area contributed by atoms with Crippen LogP contribution in [0.1, 0.15) is 34.1 Å². The zero-order chi connectivity index (χ0) is 8.20.